The molecule has 0 radical (unpaired) electrons. The summed E-state index contributed by atoms with van der Waals surface area (Å²) in [7, 11) is 1.46. The molecule has 0 aliphatic rings. The molecule has 0 fully saturated rings. The van der Waals surface area contributed by atoms with Gasteiger partial charge in [-0.15, -0.1) is 0 Å². The van der Waals surface area contributed by atoms with Gasteiger partial charge < -0.3 is 19.4 Å². The number of benzene rings is 2. The van der Waals surface area contributed by atoms with E-state index in [-0.39, 0.29) is 34.0 Å². The molecule has 3 aromatic rings. The van der Waals surface area contributed by atoms with Crippen molar-refractivity contribution in [3.8, 4) is 28.6 Å². The molecule has 6 nitrogen and oxygen atoms in total. The van der Waals surface area contributed by atoms with Crippen molar-refractivity contribution in [3.63, 3.8) is 0 Å². The lowest BCUT2D eigenvalue weighted by Gasteiger charge is -2.09. The fourth-order valence-corrected chi connectivity index (χ4v) is 2.53. The molecule has 1 heterocycles. The van der Waals surface area contributed by atoms with E-state index in [1.807, 2.05) is 0 Å². The molecule has 2 aromatic carbocycles. The van der Waals surface area contributed by atoms with Gasteiger partial charge >= 0.3 is 0 Å². The Kier molecular flexibility index (Phi) is 3.73. The van der Waals surface area contributed by atoms with Gasteiger partial charge in [0.05, 0.1) is 12.7 Å². The third kappa shape index (κ3) is 2.58. The summed E-state index contributed by atoms with van der Waals surface area (Å²) in [5.74, 6) is -0.136. The number of phenolic OH excluding ortho intramolecular Hbond substituents is 2. The molecule has 0 saturated carbocycles. The van der Waals surface area contributed by atoms with Crippen LogP contribution >= 0.6 is 0 Å². The highest BCUT2D eigenvalue weighted by atomic mass is 16.5. The van der Waals surface area contributed by atoms with Crippen LogP contribution in [0.3, 0.4) is 0 Å². The Balaban J connectivity index is 2.25. The Hall–Kier alpha value is -3.28. The molecule has 0 bridgehead atoms. The number of Topliss-reactive ketones (excluding diaryl/α,β-unsaturated/α-hetero) is 1. The van der Waals surface area contributed by atoms with E-state index in [0.29, 0.717) is 16.9 Å². The van der Waals surface area contributed by atoms with E-state index in [1.165, 1.54) is 26.2 Å². The van der Waals surface area contributed by atoms with Crippen LogP contribution in [0.5, 0.6) is 17.2 Å². The lowest BCUT2D eigenvalue weighted by atomic mass is 10.0. The molecule has 2 N–H and O–H groups in total. The number of carbonyl (C=O) groups is 1. The summed E-state index contributed by atoms with van der Waals surface area (Å²) < 4.78 is 10.8. The van der Waals surface area contributed by atoms with Gasteiger partial charge in [-0.2, -0.15) is 0 Å². The minimum Gasteiger partial charge on any atom is -0.508 e. The maximum Gasteiger partial charge on any atom is 0.197 e. The topological polar surface area (TPSA) is 97.0 Å². The predicted octanol–water partition coefficient (Wildman–Crippen LogP) is 3.08. The van der Waals surface area contributed by atoms with E-state index < -0.39 is 5.43 Å². The van der Waals surface area contributed by atoms with Gasteiger partial charge in [0.25, 0.3) is 0 Å². The number of hydrogen-bond donors (Lipinski definition) is 2. The highest BCUT2D eigenvalue weighted by Crippen LogP contribution is 2.32. The van der Waals surface area contributed by atoms with Crippen LogP contribution in [-0.2, 0) is 0 Å². The largest absolute Gasteiger partial charge is 0.508 e. The van der Waals surface area contributed by atoms with Crippen LogP contribution in [0.2, 0.25) is 0 Å². The Morgan fingerprint density at radius 1 is 1.12 bits per heavy atom. The Labute approximate surface area is 136 Å². The van der Waals surface area contributed by atoms with Crippen molar-refractivity contribution in [2.75, 3.05) is 7.11 Å². The van der Waals surface area contributed by atoms with Crippen molar-refractivity contribution in [3.05, 3.63) is 52.2 Å². The number of ether oxygens (including phenoxy) is 1. The lowest BCUT2D eigenvalue weighted by Crippen LogP contribution is -2.02. The fourth-order valence-electron chi connectivity index (χ4n) is 2.53. The molecular weight excluding hydrogens is 312 g/mol. The second-order valence-electron chi connectivity index (χ2n) is 5.28. The van der Waals surface area contributed by atoms with Crippen molar-refractivity contribution in [2.45, 2.75) is 6.92 Å². The monoisotopic (exact) mass is 326 g/mol. The van der Waals surface area contributed by atoms with Gasteiger partial charge in [0, 0.05) is 23.8 Å². The first-order valence-electron chi connectivity index (χ1n) is 7.10. The van der Waals surface area contributed by atoms with Crippen LogP contribution in [-0.4, -0.2) is 23.1 Å². The second-order valence-corrected chi connectivity index (χ2v) is 5.28. The minimum absolute atomic E-state index is 0.0168. The SMILES string of the molecule is COc1ccc(-c2cc(=O)c3c(O)cc(O)cc3o2)cc1C(C)=O. The van der Waals surface area contributed by atoms with Crippen LogP contribution in [0.25, 0.3) is 22.3 Å². The summed E-state index contributed by atoms with van der Waals surface area (Å²) in [6.07, 6.45) is 0. The van der Waals surface area contributed by atoms with E-state index in [0.717, 1.165) is 6.07 Å². The van der Waals surface area contributed by atoms with Gasteiger partial charge in [0.1, 0.15) is 34.0 Å². The van der Waals surface area contributed by atoms with E-state index in [2.05, 4.69) is 0 Å². The van der Waals surface area contributed by atoms with Crippen LogP contribution < -0.4 is 10.2 Å². The highest BCUT2D eigenvalue weighted by Gasteiger charge is 2.15. The number of rotatable bonds is 3. The second kappa shape index (κ2) is 5.73. The average Bonchev–Trinajstić information content (AvgIpc) is 2.52. The Morgan fingerprint density at radius 2 is 1.88 bits per heavy atom. The van der Waals surface area contributed by atoms with Crippen LogP contribution in [0, 0.1) is 0 Å². The average molecular weight is 326 g/mol. The van der Waals surface area contributed by atoms with Crippen molar-refractivity contribution in [1.29, 1.82) is 0 Å². The molecule has 0 spiro atoms. The normalized spacial score (nSPS) is 10.8. The van der Waals surface area contributed by atoms with Gasteiger partial charge in [-0.05, 0) is 25.1 Å². The lowest BCUT2D eigenvalue weighted by molar-refractivity contribution is 0.101. The Morgan fingerprint density at radius 3 is 2.54 bits per heavy atom. The zero-order valence-electron chi connectivity index (χ0n) is 13.0. The first-order chi connectivity index (χ1) is 11.4. The molecule has 0 saturated heterocycles. The standard InChI is InChI=1S/C18H14O6/c1-9(19)12-5-10(3-4-15(12)23-2)16-8-14(22)18-13(21)6-11(20)7-17(18)24-16/h3-8,20-21H,1-2H3. The molecule has 6 heteroatoms. The number of ketones is 1. The van der Waals surface area contributed by atoms with Crippen molar-refractivity contribution >= 4 is 16.8 Å². The van der Waals surface area contributed by atoms with Gasteiger partial charge in [-0.3, -0.25) is 9.59 Å². The summed E-state index contributed by atoms with van der Waals surface area (Å²) in [4.78, 5) is 24.0. The first-order valence-corrected chi connectivity index (χ1v) is 7.10. The molecule has 3 rings (SSSR count). The maximum absolute atomic E-state index is 12.3. The molecule has 122 valence electrons. The molecule has 1 aromatic heterocycles. The third-order valence-corrected chi connectivity index (χ3v) is 3.66. The molecule has 0 aliphatic carbocycles. The fraction of sp³-hybridized carbons (Fsp3) is 0.111. The molecule has 24 heavy (non-hydrogen) atoms. The highest BCUT2D eigenvalue weighted by molar-refractivity contribution is 5.98. The number of fused-ring (bicyclic) bond motifs is 1. The quantitative estimate of drug-likeness (QED) is 0.718. The molecular formula is C18H14O6. The number of phenols is 2. The molecule has 0 unspecified atom stereocenters. The van der Waals surface area contributed by atoms with Crippen LogP contribution in [0.4, 0.5) is 0 Å². The Bertz CT molecular complexity index is 1020. The van der Waals surface area contributed by atoms with Gasteiger partial charge in [0.15, 0.2) is 11.2 Å². The number of carbonyl (C=O) groups excluding carboxylic acids is 1. The third-order valence-electron chi connectivity index (χ3n) is 3.66. The van der Waals surface area contributed by atoms with Crippen molar-refractivity contribution in [2.24, 2.45) is 0 Å². The summed E-state index contributed by atoms with van der Waals surface area (Å²) in [5, 5.41) is 19.3. The van der Waals surface area contributed by atoms with Gasteiger partial charge in [0.2, 0.25) is 0 Å². The molecule has 0 atom stereocenters. The summed E-state index contributed by atoms with van der Waals surface area (Å²) in [5.41, 5.74) is 0.457. The van der Waals surface area contributed by atoms with Gasteiger partial charge in [-0.25, -0.2) is 0 Å². The first kappa shape index (κ1) is 15.6. The molecule has 0 amide bonds. The van der Waals surface area contributed by atoms with E-state index >= 15 is 0 Å². The van der Waals surface area contributed by atoms with E-state index in [4.69, 9.17) is 9.15 Å². The zero-order chi connectivity index (χ0) is 17.4. The predicted molar refractivity (Wildman–Crippen MR) is 87.8 cm³/mol. The summed E-state index contributed by atoms with van der Waals surface area (Å²) in [6, 6.07) is 8.36. The van der Waals surface area contributed by atoms with Gasteiger partial charge in [-0.1, -0.05) is 0 Å². The zero-order valence-corrected chi connectivity index (χ0v) is 13.0. The minimum atomic E-state index is -0.455. The van der Waals surface area contributed by atoms with Crippen molar-refractivity contribution in [1.82, 2.24) is 0 Å². The summed E-state index contributed by atoms with van der Waals surface area (Å²) in [6.45, 7) is 1.41. The van der Waals surface area contributed by atoms with Crippen LogP contribution in [0.1, 0.15) is 17.3 Å². The number of hydrogen-bond acceptors (Lipinski definition) is 6. The van der Waals surface area contributed by atoms with E-state index in [9.17, 15) is 19.8 Å². The van der Waals surface area contributed by atoms with Crippen LogP contribution in [0.15, 0.2) is 45.6 Å². The maximum atomic E-state index is 12.3. The number of aromatic hydroxyl groups is 2. The summed E-state index contributed by atoms with van der Waals surface area (Å²) >= 11 is 0. The molecule has 0 aliphatic heterocycles. The smallest absolute Gasteiger partial charge is 0.197 e. The van der Waals surface area contributed by atoms with Crippen molar-refractivity contribution < 1.29 is 24.2 Å². The van der Waals surface area contributed by atoms with E-state index in [1.54, 1.807) is 18.2 Å². The number of methoxy groups -OCH3 is 1.